The maximum absolute atomic E-state index is 5.92. The molecule has 5 rings (SSSR count). The van der Waals surface area contributed by atoms with E-state index in [1.165, 1.54) is 17.7 Å². The third kappa shape index (κ3) is 4.58. The number of hydrogen-bond donors (Lipinski definition) is 0. The van der Waals surface area contributed by atoms with Gasteiger partial charge >= 0.3 is 0 Å². The average molecular weight is 435 g/mol. The summed E-state index contributed by atoms with van der Waals surface area (Å²) in [7, 11) is 4.31. The molecular weight excluding hydrogens is 404 g/mol. The molecule has 1 saturated heterocycles. The minimum atomic E-state index is 0.582. The molecule has 0 amide bonds. The fraction of sp³-hybridized carbons (Fsp3) is 0.440. The van der Waals surface area contributed by atoms with Gasteiger partial charge < -0.3 is 23.7 Å². The van der Waals surface area contributed by atoms with Crippen molar-refractivity contribution in [3.63, 3.8) is 0 Å². The predicted octanol–water partition coefficient (Wildman–Crippen LogP) is 3.82. The number of ether oxygens (including phenoxy) is 2. The van der Waals surface area contributed by atoms with Crippen molar-refractivity contribution in [1.82, 2.24) is 15.1 Å². The zero-order valence-electron chi connectivity index (χ0n) is 18.8. The number of anilines is 1. The van der Waals surface area contributed by atoms with E-state index < -0.39 is 0 Å². The Labute approximate surface area is 188 Å². The first-order valence-corrected chi connectivity index (χ1v) is 11.4. The molecule has 32 heavy (non-hydrogen) atoms. The van der Waals surface area contributed by atoms with Crippen molar-refractivity contribution < 1.29 is 13.9 Å². The molecule has 0 radical (unpaired) electrons. The summed E-state index contributed by atoms with van der Waals surface area (Å²) in [5.41, 5.74) is 3.43. The highest BCUT2D eigenvalue weighted by Crippen LogP contribution is 2.31. The lowest BCUT2D eigenvalue weighted by atomic mass is 10.1. The van der Waals surface area contributed by atoms with E-state index >= 15 is 0 Å². The fourth-order valence-electron chi connectivity index (χ4n) is 4.37. The summed E-state index contributed by atoms with van der Waals surface area (Å²) in [5, 5.41) is 8.50. The maximum atomic E-state index is 5.92. The van der Waals surface area contributed by atoms with Crippen LogP contribution in [-0.4, -0.2) is 61.5 Å². The van der Waals surface area contributed by atoms with Crippen LogP contribution in [0.2, 0.25) is 0 Å². The second kappa shape index (κ2) is 9.20. The van der Waals surface area contributed by atoms with Crippen molar-refractivity contribution in [2.75, 3.05) is 45.3 Å². The van der Waals surface area contributed by atoms with Gasteiger partial charge in [-0.1, -0.05) is 6.07 Å². The first kappa shape index (κ1) is 20.8. The Balaban J connectivity index is 1.15. The molecule has 1 unspecified atom stereocenters. The van der Waals surface area contributed by atoms with Crippen molar-refractivity contribution in [1.29, 1.82) is 0 Å². The first-order chi connectivity index (χ1) is 15.7. The van der Waals surface area contributed by atoms with E-state index in [2.05, 4.69) is 70.5 Å². The lowest BCUT2D eigenvalue weighted by Crippen LogP contribution is -2.31. The van der Waals surface area contributed by atoms with E-state index in [0.717, 1.165) is 49.4 Å². The molecule has 0 aliphatic carbocycles. The molecule has 1 atom stereocenters. The second-order valence-corrected chi connectivity index (χ2v) is 8.73. The quantitative estimate of drug-likeness (QED) is 0.560. The minimum Gasteiger partial charge on any atom is -0.486 e. The highest BCUT2D eigenvalue weighted by Gasteiger charge is 2.24. The average Bonchev–Trinajstić information content (AvgIpc) is 3.50. The van der Waals surface area contributed by atoms with Gasteiger partial charge in [-0.3, -0.25) is 0 Å². The third-order valence-corrected chi connectivity index (χ3v) is 6.30. The van der Waals surface area contributed by atoms with Gasteiger partial charge in [0.15, 0.2) is 11.5 Å². The van der Waals surface area contributed by atoms with Gasteiger partial charge in [0.1, 0.15) is 13.2 Å². The topological polar surface area (TPSA) is 63.9 Å². The Morgan fingerprint density at radius 3 is 2.56 bits per heavy atom. The molecule has 0 spiro atoms. The van der Waals surface area contributed by atoms with Crippen LogP contribution >= 0.6 is 0 Å². The molecule has 0 saturated carbocycles. The van der Waals surface area contributed by atoms with Gasteiger partial charge in [0.2, 0.25) is 11.8 Å². The third-order valence-electron chi connectivity index (χ3n) is 6.30. The summed E-state index contributed by atoms with van der Waals surface area (Å²) >= 11 is 0. The van der Waals surface area contributed by atoms with Crippen LogP contribution in [-0.2, 0) is 12.8 Å². The molecule has 2 aliphatic heterocycles. The Hall–Kier alpha value is -3.06. The Bertz CT molecular complexity index is 1050. The Morgan fingerprint density at radius 2 is 1.78 bits per heavy atom. The predicted molar refractivity (Wildman–Crippen MR) is 123 cm³/mol. The van der Waals surface area contributed by atoms with Gasteiger partial charge in [-0.15, -0.1) is 10.2 Å². The lowest BCUT2D eigenvalue weighted by molar-refractivity contribution is 0.171. The summed E-state index contributed by atoms with van der Waals surface area (Å²) in [5.74, 6) is 2.92. The standard InChI is InChI=1S/C25H30N4O3/c1-28(2)21-12-13-29(17-21)20-9-7-19(8-10-20)25-27-26-24(32-25)5-3-4-18-6-11-22-23(16-18)31-15-14-30-22/h6-11,16,21H,3-5,12-15,17H2,1-2H3. The van der Waals surface area contributed by atoms with Crippen molar-refractivity contribution in [3.8, 4) is 23.0 Å². The SMILES string of the molecule is CN(C)C1CCN(c2ccc(-c3nnc(CCCc4ccc5c(c4)OCCO5)o3)cc2)C1. The fourth-order valence-corrected chi connectivity index (χ4v) is 4.37. The van der Waals surface area contributed by atoms with Crippen molar-refractivity contribution in [3.05, 3.63) is 53.9 Å². The van der Waals surface area contributed by atoms with E-state index in [4.69, 9.17) is 13.9 Å². The molecule has 2 aliphatic rings. The highest BCUT2D eigenvalue weighted by molar-refractivity contribution is 5.59. The lowest BCUT2D eigenvalue weighted by Gasteiger charge is -2.21. The monoisotopic (exact) mass is 434 g/mol. The number of hydrogen-bond acceptors (Lipinski definition) is 7. The summed E-state index contributed by atoms with van der Waals surface area (Å²) in [4.78, 5) is 4.74. The van der Waals surface area contributed by atoms with Gasteiger partial charge in [0.25, 0.3) is 0 Å². The molecule has 1 fully saturated rings. The van der Waals surface area contributed by atoms with Crippen LogP contribution in [0.3, 0.4) is 0 Å². The molecule has 2 aromatic carbocycles. The largest absolute Gasteiger partial charge is 0.486 e. The summed E-state index contributed by atoms with van der Waals surface area (Å²) in [6.07, 6.45) is 3.81. The van der Waals surface area contributed by atoms with Gasteiger partial charge in [0.05, 0.1) is 0 Å². The smallest absolute Gasteiger partial charge is 0.247 e. The van der Waals surface area contributed by atoms with Crippen LogP contribution in [0.1, 0.15) is 24.3 Å². The van der Waals surface area contributed by atoms with Crippen LogP contribution in [0.5, 0.6) is 11.5 Å². The normalized spacial score (nSPS) is 17.8. The van der Waals surface area contributed by atoms with E-state index in [9.17, 15) is 0 Å². The number of aryl methyl sites for hydroxylation is 2. The molecule has 3 aromatic rings. The summed E-state index contributed by atoms with van der Waals surface area (Å²) < 4.78 is 17.2. The van der Waals surface area contributed by atoms with Crippen LogP contribution < -0.4 is 14.4 Å². The van der Waals surface area contributed by atoms with E-state index in [1.54, 1.807) is 0 Å². The van der Waals surface area contributed by atoms with E-state index in [0.29, 0.717) is 31.0 Å². The van der Waals surface area contributed by atoms with Crippen molar-refractivity contribution in [2.24, 2.45) is 0 Å². The number of benzene rings is 2. The van der Waals surface area contributed by atoms with Crippen LogP contribution in [0.15, 0.2) is 46.9 Å². The molecule has 7 heteroatoms. The van der Waals surface area contributed by atoms with Gasteiger partial charge in [-0.05, 0) is 75.3 Å². The Kier molecular flexibility index (Phi) is 5.99. The zero-order valence-corrected chi connectivity index (χ0v) is 18.8. The highest BCUT2D eigenvalue weighted by atomic mass is 16.6. The Morgan fingerprint density at radius 1 is 0.969 bits per heavy atom. The second-order valence-electron chi connectivity index (χ2n) is 8.73. The molecule has 1 aromatic heterocycles. The summed E-state index contributed by atoms with van der Waals surface area (Å²) in [6, 6.07) is 15.2. The number of aromatic nitrogens is 2. The van der Waals surface area contributed by atoms with E-state index in [1.807, 2.05) is 6.07 Å². The van der Waals surface area contributed by atoms with E-state index in [-0.39, 0.29) is 0 Å². The van der Waals surface area contributed by atoms with Crippen molar-refractivity contribution >= 4 is 5.69 Å². The number of fused-ring (bicyclic) bond motifs is 1. The molecular formula is C25H30N4O3. The van der Waals surface area contributed by atoms with Gasteiger partial charge in [0, 0.05) is 36.8 Å². The maximum Gasteiger partial charge on any atom is 0.247 e. The molecule has 7 nitrogen and oxygen atoms in total. The number of likely N-dealkylation sites (N-methyl/N-ethyl adjacent to an activating group) is 1. The molecule has 0 bridgehead atoms. The minimum absolute atomic E-state index is 0.582. The van der Waals surface area contributed by atoms with Crippen LogP contribution in [0, 0.1) is 0 Å². The molecule has 3 heterocycles. The first-order valence-electron chi connectivity index (χ1n) is 11.4. The van der Waals surface area contributed by atoms with Crippen LogP contribution in [0.25, 0.3) is 11.5 Å². The molecule has 0 N–H and O–H groups in total. The van der Waals surface area contributed by atoms with Gasteiger partial charge in [-0.25, -0.2) is 0 Å². The zero-order chi connectivity index (χ0) is 21.9. The number of nitrogens with zero attached hydrogens (tertiary/aromatic N) is 4. The number of rotatable bonds is 7. The van der Waals surface area contributed by atoms with Crippen molar-refractivity contribution in [2.45, 2.75) is 31.7 Å². The van der Waals surface area contributed by atoms with Crippen LogP contribution in [0.4, 0.5) is 5.69 Å². The summed E-state index contributed by atoms with van der Waals surface area (Å²) in [6.45, 7) is 3.39. The van der Waals surface area contributed by atoms with Gasteiger partial charge in [-0.2, -0.15) is 0 Å². The molecule has 168 valence electrons.